The van der Waals surface area contributed by atoms with Crippen molar-refractivity contribution in [3.05, 3.63) is 40.1 Å². The molecule has 18 heavy (non-hydrogen) atoms. The van der Waals surface area contributed by atoms with Gasteiger partial charge in [0.25, 0.3) is 5.69 Å². The lowest BCUT2D eigenvalue weighted by Crippen LogP contribution is -2.01. The van der Waals surface area contributed by atoms with Crippen molar-refractivity contribution in [3.8, 4) is 0 Å². The topological polar surface area (TPSA) is 85.2 Å². The molecule has 0 radical (unpaired) electrons. The summed E-state index contributed by atoms with van der Waals surface area (Å²) in [6, 6.07) is 4.85. The molecule has 0 saturated carbocycles. The summed E-state index contributed by atoms with van der Waals surface area (Å²) < 4.78 is 4.56. The lowest BCUT2D eigenvalue weighted by atomic mass is 10.1. The average molecular weight is 248 g/mol. The van der Waals surface area contributed by atoms with Crippen LogP contribution in [0.5, 0.6) is 0 Å². The molecule has 1 heterocycles. The number of aromatic nitrogens is 1. The van der Waals surface area contributed by atoms with Gasteiger partial charge in [0, 0.05) is 18.7 Å². The highest BCUT2D eigenvalue weighted by Crippen LogP contribution is 2.29. The zero-order chi connectivity index (χ0) is 13.1. The van der Waals surface area contributed by atoms with Crippen LogP contribution in [0, 0.1) is 10.1 Å². The summed E-state index contributed by atoms with van der Waals surface area (Å²) in [6.07, 6.45) is 2.31. The second-order valence-corrected chi connectivity index (χ2v) is 3.85. The number of nitrogens with zero attached hydrogens (tertiary/aromatic N) is 1. The Morgan fingerprint density at radius 2 is 2.28 bits per heavy atom. The van der Waals surface area contributed by atoms with Gasteiger partial charge in [-0.15, -0.1) is 0 Å². The van der Waals surface area contributed by atoms with Gasteiger partial charge in [-0.2, -0.15) is 0 Å². The normalized spacial score (nSPS) is 10.5. The van der Waals surface area contributed by atoms with Gasteiger partial charge in [-0.25, -0.2) is 0 Å². The molecule has 1 aromatic carbocycles. The number of nitro groups is 1. The standard InChI is InChI=1S/C12H12N2O4/c1-18-11(15)6-5-8-7-13-9-3-2-4-10(12(8)9)14(16)17/h2-4,7,13H,5-6H2,1H3. The number of ether oxygens (including phenoxy) is 1. The van der Waals surface area contributed by atoms with E-state index in [9.17, 15) is 14.9 Å². The minimum Gasteiger partial charge on any atom is -0.469 e. The maximum atomic E-state index is 11.1. The van der Waals surface area contributed by atoms with Crippen LogP contribution >= 0.6 is 0 Å². The van der Waals surface area contributed by atoms with E-state index in [0.29, 0.717) is 17.3 Å². The van der Waals surface area contributed by atoms with E-state index in [1.54, 1.807) is 18.3 Å². The van der Waals surface area contributed by atoms with E-state index >= 15 is 0 Å². The summed E-state index contributed by atoms with van der Waals surface area (Å²) in [7, 11) is 1.32. The summed E-state index contributed by atoms with van der Waals surface area (Å²) >= 11 is 0. The number of H-pyrrole nitrogens is 1. The third-order valence-corrected chi connectivity index (χ3v) is 2.79. The first-order chi connectivity index (χ1) is 8.63. The first kappa shape index (κ1) is 12.1. The molecule has 0 aliphatic carbocycles. The molecule has 0 saturated heterocycles. The number of nitro benzene ring substituents is 1. The Labute approximate surface area is 103 Å². The molecule has 6 nitrogen and oxygen atoms in total. The lowest BCUT2D eigenvalue weighted by Gasteiger charge is -2.00. The van der Waals surface area contributed by atoms with Gasteiger partial charge in [0.05, 0.1) is 22.9 Å². The molecule has 0 bridgehead atoms. The van der Waals surface area contributed by atoms with Gasteiger partial charge in [0.1, 0.15) is 0 Å². The number of aryl methyl sites for hydroxylation is 1. The number of nitrogens with one attached hydrogen (secondary N) is 1. The molecule has 0 unspecified atom stereocenters. The Morgan fingerprint density at radius 3 is 2.94 bits per heavy atom. The zero-order valence-electron chi connectivity index (χ0n) is 9.80. The molecule has 0 amide bonds. The number of hydrogen-bond donors (Lipinski definition) is 1. The molecule has 1 aromatic heterocycles. The molecule has 2 rings (SSSR count). The Morgan fingerprint density at radius 1 is 1.50 bits per heavy atom. The second kappa shape index (κ2) is 4.87. The fraction of sp³-hybridized carbons (Fsp3) is 0.250. The number of methoxy groups -OCH3 is 1. The first-order valence-electron chi connectivity index (χ1n) is 5.43. The summed E-state index contributed by atoms with van der Waals surface area (Å²) in [5, 5.41) is 11.5. The third kappa shape index (κ3) is 2.17. The van der Waals surface area contributed by atoms with Crippen molar-refractivity contribution < 1.29 is 14.5 Å². The molecule has 0 atom stereocenters. The molecule has 0 aliphatic rings. The number of carbonyl (C=O) groups is 1. The molecule has 0 aliphatic heterocycles. The summed E-state index contributed by atoms with van der Waals surface area (Å²) in [4.78, 5) is 24.6. The van der Waals surface area contributed by atoms with E-state index in [0.717, 1.165) is 5.56 Å². The van der Waals surface area contributed by atoms with Crippen LogP contribution in [0.4, 0.5) is 5.69 Å². The van der Waals surface area contributed by atoms with E-state index in [1.807, 2.05) is 0 Å². The number of rotatable bonds is 4. The van der Waals surface area contributed by atoms with Gasteiger partial charge < -0.3 is 9.72 Å². The highest BCUT2D eigenvalue weighted by molar-refractivity contribution is 5.92. The van der Waals surface area contributed by atoms with E-state index < -0.39 is 4.92 Å². The van der Waals surface area contributed by atoms with Gasteiger partial charge in [-0.3, -0.25) is 14.9 Å². The van der Waals surface area contributed by atoms with Crippen LogP contribution in [0.2, 0.25) is 0 Å². The highest BCUT2D eigenvalue weighted by Gasteiger charge is 2.16. The largest absolute Gasteiger partial charge is 0.469 e. The number of benzene rings is 1. The molecule has 94 valence electrons. The maximum Gasteiger partial charge on any atom is 0.305 e. The van der Waals surface area contributed by atoms with Crippen LogP contribution in [0.15, 0.2) is 24.4 Å². The van der Waals surface area contributed by atoms with Crippen LogP contribution in [0.1, 0.15) is 12.0 Å². The van der Waals surface area contributed by atoms with Crippen molar-refractivity contribution in [1.82, 2.24) is 4.98 Å². The molecule has 0 spiro atoms. The summed E-state index contributed by atoms with van der Waals surface area (Å²) in [5.41, 5.74) is 1.50. The zero-order valence-corrected chi connectivity index (χ0v) is 9.80. The van der Waals surface area contributed by atoms with Crippen LogP contribution in [-0.4, -0.2) is 23.0 Å². The van der Waals surface area contributed by atoms with E-state index in [4.69, 9.17) is 0 Å². The van der Waals surface area contributed by atoms with Gasteiger partial charge in [0.15, 0.2) is 0 Å². The predicted octanol–water partition coefficient (Wildman–Crippen LogP) is 2.18. The SMILES string of the molecule is COC(=O)CCc1c[nH]c2cccc([N+](=O)[O-])c12. The highest BCUT2D eigenvalue weighted by atomic mass is 16.6. The number of hydrogen-bond acceptors (Lipinski definition) is 4. The Bertz CT molecular complexity index is 603. The molecular formula is C12H12N2O4. The second-order valence-electron chi connectivity index (χ2n) is 3.85. The van der Waals surface area contributed by atoms with Crippen LogP contribution in [0.25, 0.3) is 10.9 Å². The van der Waals surface area contributed by atoms with E-state index in [2.05, 4.69) is 9.72 Å². The van der Waals surface area contributed by atoms with Crippen molar-refractivity contribution in [2.24, 2.45) is 0 Å². The van der Waals surface area contributed by atoms with Crippen LogP contribution in [0.3, 0.4) is 0 Å². The predicted molar refractivity (Wildman–Crippen MR) is 65.3 cm³/mol. The Balaban J connectivity index is 2.39. The number of non-ortho nitro benzene ring substituents is 1. The van der Waals surface area contributed by atoms with E-state index in [-0.39, 0.29) is 18.1 Å². The van der Waals surface area contributed by atoms with Gasteiger partial charge in [-0.05, 0) is 18.1 Å². The van der Waals surface area contributed by atoms with Crippen molar-refractivity contribution >= 4 is 22.6 Å². The minimum atomic E-state index is -0.419. The quantitative estimate of drug-likeness (QED) is 0.510. The van der Waals surface area contributed by atoms with E-state index in [1.165, 1.54) is 13.2 Å². The fourth-order valence-electron chi connectivity index (χ4n) is 1.92. The van der Waals surface area contributed by atoms with Crippen molar-refractivity contribution in [2.75, 3.05) is 7.11 Å². The molecule has 0 fully saturated rings. The van der Waals surface area contributed by atoms with Crippen LogP contribution in [-0.2, 0) is 16.0 Å². The monoisotopic (exact) mass is 248 g/mol. The average Bonchev–Trinajstić information content (AvgIpc) is 2.78. The number of aromatic amines is 1. The first-order valence-corrected chi connectivity index (χ1v) is 5.43. The number of carbonyl (C=O) groups excluding carboxylic acids is 1. The van der Waals surface area contributed by atoms with Crippen LogP contribution < -0.4 is 0 Å². The lowest BCUT2D eigenvalue weighted by molar-refractivity contribution is -0.383. The van der Waals surface area contributed by atoms with Crippen molar-refractivity contribution in [3.63, 3.8) is 0 Å². The van der Waals surface area contributed by atoms with Crippen molar-refractivity contribution in [2.45, 2.75) is 12.8 Å². The molecule has 6 heteroatoms. The van der Waals surface area contributed by atoms with Crippen molar-refractivity contribution in [1.29, 1.82) is 0 Å². The molecule has 1 N–H and O–H groups in total. The Kier molecular flexibility index (Phi) is 3.27. The summed E-state index contributed by atoms with van der Waals surface area (Å²) in [5.74, 6) is -0.331. The molecule has 2 aromatic rings. The number of esters is 1. The van der Waals surface area contributed by atoms with Gasteiger partial charge in [0.2, 0.25) is 0 Å². The third-order valence-electron chi connectivity index (χ3n) is 2.79. The Hall–Kier alpha value is -2.37. The van der Waals surface area contributed by atoms with Gasteiger partial charge in [-0.1, -0.05) is 6.07 Å². The number of fused-ring (bicyclic) bond motifs is 1. The summed E-state index contributed by atoms with van der Waals surface area (Å²) in [6.45, 7) is 0. The smallest absolute Gasteiger partial charge is 0.305 e. The fourth-order valence-corrected chi connectivity index (χ4v) is 1.92. The maximum absolute atomic E-state index is 11.1. The van der Waals surface area contributed by atoms with Gasteiger partial charge >= 0.3 is 5.97 Å². The minimum absolute atomic E-state index is 0.0496. The molecular weight excluding hydrogens is 236 g/mol.